The molecule has 2 atom stereocenters. The molecule has 1 aliphatic carbocycles. The molecule has 0 fully saturated rings. The van der Waals surface area contributed by atoms with Crippen molar-refractivity contribution in [2.75, 3.05) is 6.61 Å². The van der Waals surface area contributed by atoms with Gasteiger partial charge in [-0.2, -0.15) is 0 Å². The summed E-state index contributed by atoms with van der Waals surface area (Å²) in [6.07, 6.45) is -0.848. The number of carbonyl (C=O) groups excluding carboxylic acids is 2. The van der Waals surface area contributed by atoms with Crippen LogP contribution in [0.4, 0.5) is 4.79 Å². The second-order valence-corrected chi connectivity index (χ2v) is 6.45. The number of ether oxygens (including phenoxy) is 1. The average Bonchev–Trinajstić information content (AvgIpc) is 3.04. The van der Waals surface area contributed by atoms with Gasteiger partial charge in [0.15, 0.2) is 0 Å². The molecule has 0 aromatic heterocycles. The Morgan fingerprint density at radius 3 is 2.34 bits per heavy atom. The second-order valence-electron chi connectivity index (χ2n) is 6.45. The number of nitrogens with zero attached hydrogens (tertiary/aromatic N) is 3. The molecule has 2 aromatic carbocycles. The number of nitrogens with one attached hydrogen (secondary N) is 2. The van der Waals surface area contributed by atoms with Crippen LogP contribution < -0.4 is 5.32 Å². The van der Waals surface area contributed by atoms with Gasteiger partial charge in [-0.3, -0.25) is 0 Å². The number of hydrogen-bond acceptors (Lipinski definition) is 6. The van der Waals surface area contributed by atoms with Gasteiger partial charge in [0.2, 0.25) is 0 Å². The molecule has 0 radical (unpaired) electrons. The Morgan fingerprint density at radius 2 is 1.79 bits per heavy atom. The van der Waals surface area contributed by atoms with Gasteiger partial charge < -0.3 is 0 Å². The van der Waals surface area contributed by atoms with Crippen molar-refractivity contribution in [1.29, 1.82) is 5.31 Å². The average molecular weight is 391 g/mol. The summed E-state index contributed by atoms with van der Waals surface area (Å²) in [5.41, 5.74) is 12.9. The summed E-state index contributed by atoms with van der Waals surface area (Å²) < 4.78 is 9.87. The standard InChI is InChI=1S/C19H18BN5O4/c1-11(24-25-22)17(18(26)29-20-21)23-19(27)28-10-16-14-8-4-2-6-12(14)13-7-3-5-9-15(13)16/h2-9,11,16-17,21H,10H2,1H3,(H,23,27)/t11-,17-/m0/s1. The van der Waals surface area contributed by atoms with E-state index in [0.717, 1.165) is 22.3 Å². The SMILES string of the molecule is C[C@H](N=[N+]=[N-])[C@H](NC(=O)OCC1c2ccccc2-c2ccccc21)C(=O)OB=N. The van der Waals surface area contributed by atoms with Gasteiger partial charge in [-0.25, -0.2) is 0 Å². The van der Waals surface area contributed by atoms with Crippen molar-refractivity contribution in [3.8, 4) is 11.1 Å². The molecule has 10 heteroatoms. The molecule has 2 N–H and O–H groups in total. The molecule has 1 amide bonds. The third-order valence-electron chi connectivity index (χ3n) is 4.76. The van der Waals surface area contributed by atoms with Gasteiger partial charge in [-0.15, -0.1) is 0 Å². The van der Waals surface area contributed by atoms with Crippen LogP contribution in [-0.4, -0.2) is 38.0 Å². The van der Waals surface area contributed by atoms with E-state index in [9.17, 15) is 9.59 Å². The maximum atomic E-state index is 12.3. The fourth-order valence-corrected chi connectivity index (χ4v) is 3.42. The summed E-state index contributed by atoms with van der Waals surface area (Å²) in [6, 6.07) is 13.6. The van der Waals surface area contributed by atoms with E-state index >= 15 is 0 Å². The number of rotatable bonds is 7. The van der Waals surface area contributed by atoms with Crippen molar-refractivity contribution in [2.24, 2.45) is 5.11 Å². The molecule has 0 saturated carbocycles. The first-order valence-corrected chi connectivity index (χ1v) is 8.92. The zero-order valence-electron chi connectivity index (χ0n) is 15.6. The van der Waals surface area contributed by atoms with Crippen molar-refractivity contribution in [2.45, 2.75) is 24.9 Å². The molecule has 0 spiro atoms. The number of fused-ring (bicyclic) bond motifs is 3. The number of carbonyl (C=O) groups is 2. The van der Waals surface area contributed by atoms with Crippen LogP contribution in [0.2, 0.25) is 0 Å². The molecule has 0 saturated heterocycles. The molecular formula is C19H18BN5O4. The van der Waals surface area contributed by atoms with E-state index in [2.05, 4.69) is 20.0 Å². The summed E-state index contributed by atoms with van der Waals surface area (Å²) in [4.78, 5) is 26.9. The van der Waals surface area contributed by atoms with Crippen LogP contribution in [0.5, 0.6) is 0 Å². The van der Waals surface area contributed by atoms with Crippen molar-refractivity contribution in [3.63, 3.8) is 0 Å². The first-order chi connectivity index (χ1) is 14.1. The van der Waals surface area contributed by atoms with Crippen LogP contribution >= 0.6 is 0 Å². The molecule has 0 aliphatic heterocycles. The van der Waals surface area contributed by atoms with E-state index < -0.39 is 24.1 Å². The van der Waals surface area contributed by atoms with Crippen molar-refractivity contribution in [1.82, 2.24) is 5.32 Å². The van der Waals surface area contributed by atoms with E-state index in [-0.39, 0.29) is 12.5 Å². The van der Waals surface area contributed by atoms with Crippen LogP contribution in [0.15, 0.2) is 53.6 Å². The van der Waals surface area contributed by atoms with E-state index in [1.165, 1.54) is 6.92 Å². The Kier molecular flexibility index (Phi) is 6.26. The molecule has 0 unspecified atom stereocenters. The zero-order chi connectivity index (χ0) is 20.8. The third-order valence-corrected chi connectivity index (χ3v) is 4.76. The minimum atomic E-state index is -1.27. The van der Waals surface area contributed by atoms with Crippen molar-refractivity contribution >= 4 is 19.3 Å². The number of hydrogen-bond donors (Lipinski definition) is 2. The monoisotopic (exact) mass is 391 g/mol. The molecule has 0 bridgehead atoms. The Balaban J connectivity index is 1.72. The molecule has 146 valence electrons. The molecular weight excluding hydrogens is 373 g/mol. The van der Waals surface area contributed by atoms with E-state index in [0.29, 0.717) is 7.27 Å². The summed E-state index contributed by atoms with van der Waals surface area (Å²) in [6.45, 7) is 1.52. The van der Waals surface area contributed by atoms with Gasteiger partial charge in [0.1, 0.15) is 0 Å². The molecule has 1 aliphatic rings. The van der Waals surface area contributed by atoms with Gasteiger partial charge in [0.05, 0.1) is 0 Å². The van der Waals surface area contributed by atoms with Crippen molar-refractivity contribution < 1.29 is 19.0 Å². The Hall–Kier alpha value is -3.65. The number of amides is 1. The Morgan fingerprint density at radius 1 is 1.21 bits per heavy atom. The second kappa shape index (κ2) is 9.03. The summed E-state index contributed by atoms with van der Waals surface area (Å²) in [5.74, 6) is -1.05. The molecule has 3 rings (SSSR count). The molecule has 2 aromatic rings. The molecule has 29 heavy (non-hydrogen) atoms. The van der Waals surface area contributed by atoms with Crippen LogP contribution in [0.3, 0.4) is 0 Å². The van der Waals surface area contributed by atoms with Crippen LogP contribution in [0, 0.1) is 5.31 Å². The molecule has 9 nitrogen and oxygen atoms in total. The normalized spacial score (nSPS) is 13.7. The third kappa shape index (κ3) is 4.28. The van der Waals surface area contributed by atoms with Gasteiger partial charge >= 0.3 is 167 Å². The van der Waals surface area contributed by atoms with Gasteiger partial charge in [-0.05, 0) is 0 Å². The van der Waals surface area contributed by atoms with Gasteiger partial charge in [0.25, 0.3) is 0 Å². The van der Waals surface area contributed by atoms with Crippen LogP contribution in [-0.2, 0) is 14.2 Å². The van der Waals surface area contributed by atoms with E-state index in [4.69, 9.17) is 15.6 Å². The van der Waals surface area contributed by atoms with E-state index in [1.807, 2.05) is 48.5 Å². The Labute approximate surface area is 167 Å². The molecule has 0 heterocycles. The van der Waals surface area contributed by atoms with Gasteiger partial charge in [0, 0.05) is 0 Å². The quantitative estimate of drug-likeness (QED) is 0.323. The van der Waals surface area contributed by atoms with Gasteiger partial charge in [-0.1, -0.05) is 0 Å². The number of benzene rings is 2. The fourth-order valence-electron chi connectivity index (χ4n) is 3.42. The van der Waals surface area contributed by atoms with Crippen molar-refractivity contribution in [3.05, 3.63) is 70.1 Å². The topological polar surface area (TPSA) is 137 Å². The predicted octanol–water partition coefficient (Wildman–Crippen LogP) is 3.52. The predicted molar refractivity (Wildman–Crippen MR) is 105 cm³/mol. The number of azide groups is 1. The number of alkyl carbamates (subject to hydrolysis) is 1. The zero-order valence-corrected chi connectivity index (χ0v) is 15.6. The summed E-state index contributed by atoms with van der Waals surface area (Å²) in [7, 11) is 0.442. The first-order valence-electron chi connectivity index (χ1n) is 8.92. The summed E-state index contributed by atoms with van der Waals surface area (Å²) in [5, 5.41) is 12.6. The van der Waals surface area contributed by atoms with Crippen LogP contribution in [0.1, 0.15) is 24.0 Å². The fraction of sp³-hybridized carbons (Fsp3) is 0.263. The maximum absolute atomic E-state index is 12.3. The van der Waals surface area contributed by atoms with E-state index in [1.54, 1.807) is 0 Å². The summed E-state index contributed by atoms with van der Waals surface area (Å²) >= 11 is 0. The first kappa shape index (κ1) is 20.1. The Bertz CT molecular complexity index is 947. The minimum absolute atomic E-state index is 0.0715. The van der Waals surface area contributed by atoms with Crippen LogP contribution in [0.25, 0.3) is 21.6 Å².